The molecule has 8 heteroatoms. The van der Waals surface area contributed by atoms with Gasteiger partial charge < -0.3 is 10.1 Å². The first-order valence-corrected chi connectivity index (χ1v) is 11.2. The zero-order valence-electron chi connectivity index (χ0n) is 18.4. The van der Waals surface area contributed by atoms with Crippen molar-refractivity contribution in [2.75, 3.05) is 13.2 Å². The number of aliphatic imine (C=N–C) groups is 1. The Bertz CT molecular complexity index is 1150. The van der Waals surface area contributed by atoms with Crippen LogP contribution < -0.4 is 10.1 Å². The molecule has 1 aliphatic rings. The number of halogens is 1. The van der Waals surface area contributed by atoms with Crippen molar-refractivity contribution >= 4 is 23.2 Å². The summed E-state index contributed by atoms with van der Waals surface area (Å²) >= 11 is 6.39. The summed E-state index contributed by atoms with van der Waals surface area (Å²) in [5.74, 6) is 2.09. The maximum Gasteiger partial charge on any atom is 0.222 e. The van der Waals surface area contributed by atoms with Crippen LogP contribution in [0, 0.1) is 6.92 Å². The number of fused-ring (bicyclic) bond motifs is 3. The number of benzene rings is 2. The first-order valence-electron chi connectivity index (χ1n) is 10.8. The highest BCUT2D eigenvalue weighted by Gasteiger charge is 2.29. The summed E-state index contributed by atoms with van der Waals surface area (Å²) in [6.07, 6.45) is 1.12. The minimum Gasteiger partial charge on any atom is -0.494 e. The summed E-state index contributed by atoms with van der Waals surface area (Å²) in [4.78, 5) is 17.5. The second-order valence-electron chi connectivity index (χ2n) is 7.63. The summed E-state index contributed by atoms with van der Waals surface area (Å²) < 4.78 is 7.69. The van der Waals surface area contributed by atoms with Crippen molar-refractivity contribution in [2.24, 2.45) is 4.99 Å². The van der Waals surface area contributed by atoms with Gasteiger partial charge >= 0.3 is 0 Å². The van der Waals surface area contributed by atoms with E-state index in [1.807, 2.05) is 60.9 Å². The third-order valence-corrected chi connectivity index (χ3v) is 5.48. The number of amides is 1. The van der Waals surface area contributed by atoms with Crippen LogP contribution in [0.15, 0.2) is 47.5 Å². The fraction of sp³-hybridized carbons (Fsp3) is 0.333. The van der Waals surface area contributed by atoms with Gasteiger partial charge in [0.15, 0.2) is 5.82 Å². The molecule has 1 atom stereocenters. The van der Waals surface area contributed by atoms with Crippen molar-refractivity contribution < 1.29 is 9.53 Å². The van der Waals surface area contributed by atoms with Crippen molar-refractivity contribution in [3.05, 3.63) is 70.3 Å². The van der Waals surface area contributed by atoms with Crippen molar-refractivity contribution in [1.29, 1.82) is 0 Å². The van der Waals surface area contributed by atoms with E-state index in [2.05, 4.69) is 22.4 Å². The number of rotatable bonds is 7. The predicted octanol–water partition coefficient (Wildman–Crippen LogP) is 4.44. The molecule has 0 saturated carbocycles. The predicted molar refractivity (Wildman–Crippen MR) is 125 cm³/mol. The van der Waals surface area contributed by atoms with Gasteiger partial charge in [-0.05, 0) is 62.7 Å². The minimum atomic E-state index is -0.486. The molecule has 0 radical (unpaired) electrons. The Kier molecular flexibility index (Phi) is 6.55. The largest absolute Gasteiger partial charge is 0.494 e. The van der Waals surface area contributed by atoms with Gasteiger partial charge in [0.05, 0.1) is 24.4 Å². The number of carbonyl (C=O) groups is 1. The maximum atomic E-state index is 12.5. The summed E-state index contributed by atoms with van der Waals surface area (Å²) in [5, 5.41) is 12.1. The summed E-state index contributed by atoms with van der Waals surface area (Å²) in [7, 11) is 0. The van der Waals surface area contributed by atoms with Gasteiger partial charge in [-0.15, -0.1) is 10.2 Å². The monoisotopic (exact) mass is 451 g/mol. The molecule has 0 bridgehead atoms. The molecule has 32 heavy (non-hydrogen) atoms. The number of nitrogens with zero attached hydrogens (tertiary/aromatic N) is 4. The number of nitrogens with one attached hydrogen (secondary N) is 1. The van der Waals surface area contributed by atoms with Gasteiger partial charge in [0.25, 0.3) is 0 Å². The molecule has 1 aliphatic heterocycles. The van der Waals surface area contributed by atoms with Crippen LogP contribution in [-0.2, 0) is 4.79 Å². The van der Waals surface area contributed by atoms with Crippen LogP contribution >= 0.6 is 11.6 Å². The fourth-order valence-corrected chi connectivity index (χ4v) is 3.98. The van der Waals surface area contributed by atoms with E-state index < -0.39 is 6.04 Å². The average Bonchev–Trinajstić information content (AvgIpc) is 3.11. The maximum absolute atomic E-state index is 12.5. The van der Waals surface area contributed by atoms with Crippen LogP contribution in [0.2, 0.25) is 5.02 Å². The molecule has 1 amide bonds. The lowest BCUT2D eigenvalue weighted by Gasteiger charge is -2.13. The van der Waals surface area contributed by atoms with E-state index in [1.165, 1.54) is 0 Å². The van der Waals surface area contributed by atoms with Gasteiger partial charge in [-0.2, -0.15) is 0 Å². The molecule has 2 aromatic carbocycles. The number of aromatic nitrogens is 3. The van der Waals surface area contributed by atoms with Gasteiger partial charge in [0, 0.05) is 22.7 Å². The fourth-order valence-electron chi connectivity index (χ4n) is 3.81. The molecule has 0 saturated heterocycles. The number of aryl methyl sites for hydroxylation is 1. The Morgan fingerprint density at radius 2 is 1.94 bits per heavy atom. The molecule has 7 nitrogen and oxygen atoms in total. The molecule has 3 aromatic rings. The number of hydrogen-bond acceptors (Lipinski definition) is 5. The summed E-state index contributed by atoms with van der Waals surface area (Å²) in [6.45, 7) is 7.09. The SMILES string of the molecule is CCCOc1ccc(C2=N[C@@H](CC(=O)NCC)c3nnc(C)n3-c3ccc(Cl)cc32)cc1. The molecular formula is C24H26ClN5O2. The van der Waals surface area contributed by atoms with Crippen molar-refractivity contribution in [2.45, 2.75) is 39.7 Å². The van der Waals surface area contributed by atoms with Crippen LogP contribution in [0.4, 0.5) is 0 Å². The van der Waals surface area contributed by atoms with E-state index in [0.29, 0.717) is 24.0 Å². The van der Waals surface area contributed by atoms with E-state index in [1.54, 1.807) is 0 Å². The minimum absolute atomic E-state index is 0.0832. The Hall–Kier alpha value is -3.19. The zero-order valence-corrected chi connectivity index (χ0v) is 19.2. The Labute approximate surface area is 192 Å². The van der Waals surface area contributed by atoms with Crippen molar-refractivity contribution in [3.8, 4) is 11.4 Å². The highest BCUT2D eigenvalue weighted by molar-refractivity contribution is 6.31. The molecule has 0 aliphatic carbocycles. The number of carbonyl (C=O) groups excluding carboxylic acids is 1. The first-order chi connectivity index (χ1) is 15.5. The van der Waals surface area contributed by atoms with Gasteiger partial charge in [-0.3, -0.25) is 14.4 Å². The molecule has 0 unspecified atom stereocenters. The van der Waals surface area contributed by atoms with E-state index in [-0.39, 0.29) is 12.3 Å². The molecule has 166 valence electrons. The lowest BCUT2D eigenvalue weighted by atomic mass is 10.00. The molecular weight excluding hydrogens is 426 g/mol. The van der Waals surface area contributed by atoms with Crippen molar-refractivity contribution in [3.63, 3.8) is 0 Å². The standard InChI is InChI=1S/C24H26ClN5O2/c1-4-12-32-18-9-6-16(7-10-18)23-19-13-17(25)8-11-21(19)30-15(3)28-29-24(30)20(27-23)14-22(31)26-5-2/h6-11,13,20H,4-5,12,14H2,1-3H3,(H,26,31)/t20-/m0/s1. The average molecular weight is 452 g/mol. The van der Waals surface area contributed by atoms with Crippen LogP contribution in [0.25, 0.3) is 5.69 Å². The number of ether oxygens (including phenoxy) is 1. The molecule has 2 heterocycles. The lowest BCUT2D eigenvalue weighted by molar-refractivity contribution is -0.121. The van der Waals surface area contributed by atoms with Gasteiger partial charge in [0.1, 0.15) is 17.6 Å². The van der Waals surface area contributed by atoms with E-state index in [9.17, 15) is 4.79 Å². The first kappa shape index (κ1) is 22.0. The van der Waals surface area contributed by atoms with Gasteiger partial charge in [-0.1, -0.05) is 18.5 Å². The highest BCUT2D eigenvalue weighted by Crippen LogP contribution is 2.34. The third-order valence-electron chi connectivity index (χ3n) is 5.24. The quantitative estimate of drug-likeness (QED) is 0.575. The van der Waals surface area contributed by atoms with Crippen LogP contribution in [0.5, 0.6) is 5.75 Å². The highest BCUT2D eigenvalue weighted by atomic mass is 35.5. The molecule has 0 spiro atoms. The molecule has 4 rings (SSSR count). The normalized spacial score (nSPS) is 14.8. The Morgan fingerprint density at radius 3 is 2.66 bits per heavy atom. The number of hydrogen-bond donors (Lipinski definition) is 1. The summed E-state index contributed by atoms with van der Waals surface area (Å²) in [5.41, 5.74) is 3.41. The Morgan fingerprint density at radius 1 is 1.16 bits per heavy atom. The Balaban J connectivity index is 1.86. The smallest absolute Gasteiger partial charge is 0.222 e. The van der Waals surface area contributed by atoms with Gasteiger partial charge in [0.2, 0.25) is 5.91 Å². The topological polar surface area (TPSA) is 81.4 Å². The molecule has 1 N–H and O–H groups in total. The lowest BCUT2D eigenvalue weighted by Crippen LogP contribution is -2.25. The van der Waals surface area contributed by atoms with Crippen LogP contribution in [-0.4, -0.2) is 39.5 Å². The second-order valence-corrected chi connectivity index (χ2v) is 8.06. The third kappa shape index (κ3) is 4.39. The second kappa shape index (κ2) is 9.53. The van der Waals surface area contributed by atoms with Crippen LogP contribution in [0.3, 0.4) is 0 Å². The zero-order chi connectivity index (χ0) is 22.7. The molecule has 0 fully saturated rings. The summed E-state index contributed by atoms with van der Waals surface area (Å²) in [6, 6.07) is 13.0. The van der Waals surface area contributed by atoms with Gasteiger partial charge in [-0.25, -0.2) is 0 Å². The van der Waals surface area contributed by atoms with Crippen LogP contribution in [0.1, 0.15) is 55.5 Å². The van der Waals surface area contributed by atoms with E-state index in [4.69, 9.17) is 21.3 Å². The van der Waals surface area contributed by atoms with E-state index in [0.717, 1.165) is 40.5 Å². The van der Waals surface area contributed by atoms with Crippen molar-refractivity contribution in [1.82, 2.24) is 20.1 Å². The molecule has 1 aromatic heterocycles. The van der Waals surface area contributed by atoms with E-state index >= 15 is 0 Å².